The van der Waals surface area contributed by atoms with Gasteiger partial charge in [-0.25, -0.2) is 0 Å². The molecule has 0 saturated heterocycles. The zero-order chi connectivity index (χ0) is 13.8. The largest absolute Gasteiger partial charge is 0.411 e. The standard InChI is InChI=1S/C11H16F3NO3/c1-15(8-2-4-9(16)5-3-8)10(17)6-18-7-11(12,13)14/h8H,2-7H2,1H3. The van der Waals surface area contributed by atoms with Crippen LogP contribution in [-0.2, 0) is 14.3 Å². The molecule has 18 heavy (non-hydrogen) atoms. The Morgan fingerprint density at radius 2 is 1.94 bits per heavy atom. The van der Waals surface area contributed by atoms with Gasteiger partial charge in [0, 0.05) is 25.9 Å². The van der Waals surface area contributed by atoms with Gasteiger partial charge in [-0.2, -0.15) is 13.2 Å². The number of ether oxygens (including phenoxy) is 1. The molecule has 1 aliphatic carbocycles. The molecule has 1 fully saturated rings. The number of carbonyl (C=O) groups is 2. The van der Waals surface area contributed by atoms with Crippen molar-refractivity contribution in [2.24, 2.45) is 0 Å². The van der Waals surface area contributed by atoms with Crippen LogP contribution < -0.4 is 0 Å². The lowest BCUT2D eigenvalue weighted by molar-refractivity contribution is -0.178. The third kappa shape index (κ3) is 5.03. The van der Waals surface area contributed by atoms with Crippen LogP contribution in [0.3, 0.4) is 0 Å². The minimum Gasteiger partial charge on any atom is -0.362 e. The molecule has 1 rings (SSSR count). The second-order valence-corrected chi connectivity index (χ2v) is 4.38. The number of nitrogens with zero attached hydrogens (tertiary/aromatic N) is 1. The first kappa shape index (κ1) is 14.9. The molecular formula is C11H16F3NO3. The maximum Gasteiger partial charge on any atom is 0.411 e. The van der Waals surface area contributed by atoms with Crippen LogP contribution in [0.1, 0.15) is 25.7 Å². The minimum absolute atomic E-state index is 0.0790. The van der Waals surface area contributed by atoms with E-state index in [0.29, 0.717) is 25.7 Å². The van der Waals surface area contributed by atoms with E-state index in [1.54, 1.807) is 0 Å². The summed E-state index contributed by atoms with van der Waals surface area (Å²) in [6, 6.07) is -0.0790. The summed E-state index contributed by atoms with van der Waals surface area (Å²) < 4.78 is 39.8. The molecule has 0 unspecified atom stereocenters. The second-order valence-electron chi connectivity index (χ2n) is 4.38. The topological polar surface area (TPSA) is 46.6 Å². The molecule has 0 N–H and O–H groups in total. The Morgan fingerprint density at radius 3 is 2.44 bits per heavy atom. The number of hydrogen-bond donors (Lipinski definition) is 0. The fourth-order valence-electron chi connectivity index (χ4n) is 1.87. The number of amides is 1. The van der Waals surface area contributed by atoms with Gasteiger partial charge < -0.3 is 9.64 Å². The number of Topliss-reactive ketones (excluding diaryl/α,β-unsaturated/α-hetero) is 1. The molecule has 4 nitrogen and oxygen atoms in total. The third-order valence-electron chi connectivity index (χ3n) is 2.95. The van der Waals surface area contributed by atoms with Gasteiger partial charge in [0.15, 0.2) is 0 Å². The molecule has 0 atom stereocenters. The van der Waals surface area contributed by atoms with Gasteiger partial charge in [-0.3, -0.25) is 9.59 Å². The number of carbonyl (C=O) groups excluding carboxylic acids is 2. The highest BCUT2D eigenvalue weighted by molar-refractivity contribution is 5.80. The van der Waals surface area contributed by atoms with Crippen molar-refractivity contribution in [3.63, 3.8) is 0 Å². The predicted molar refractivity (Wildman–Crippen MR) is 56.9 cm³/mol. The Hall–Kier alpha value is -1.11. The highest BCUT2D eigenvalue weighted by Crippen LogP contribution is 2.20. The van der Waals surface area contributed by atoms with Crippen LogP contribution >= 0.6 is 0 Å². The molecule has 0 aromatic heterocycles. The van der Waals surface area contributed by atoms with E-state index in [2.05, 4.69) is 4.74 Å². The number of rotatable bonds is 4. The van der Waals surface area contributed by atoms with E-state index < -0.39 is 25.3 Å². The molecule has 1 amide bonds. The number of ketones is 1. The van der Waals surface area contributed by atoms with E-state index in [9.17, 15) is 22.8 Å². The maximum absolute atomic E-state index is 11.8. The van der Waals surface area contributed by atoms with Crippen molar-refractivity contribution in [2.75, 3.05) is 20.3 Å². The lowest BCUT2D eigenvalue weighted by Crippen LogP contribution is -2.41. The summed E-state index contributed by atoms with van der Waals surface area (Å²) in [5.41, 5.74) is 0. The maximum atomic E-state index is 11.8. The Balaban J connectivity index is 2.30. The van der Waals surface area contributed by atoms with E-state index in [0.717, 1.165) is 0 Å². The zero-order valence-corrected chi connectivity index (χ0v) is 10.1. The number of likely N-dealkylation sites (N-methyl/N-ethyl adjacent to an activating group) is 1. The summed E-state index contributed by atoms with van der Waals surface area (Å²) in [7, 11) is 1.53. The average molecular weight is 267 g/mol. The SMILES string of the molecule is CN(C(=O)COCC(F)(F)F)C1CCC(=O)CC1. The quantitative estimate of drug-likeness (QED) is 0.776. The average Bonchev–Trinajstić information content (AvgIpc) is 2.27. The molecule has 0 heterocycles. The monoisotopic (exact) mass is 267 g/mol. The molecule has 0 aliphatic heterocycles. The fourth-order valence-corrected chi connectivity index (χ4v) is 1.87. The van der Waals surface area contributed by atoms with Crippen LogP contribution in [0.4, 0.5) is 13.2 Å². The zero-order valence-electron chi connectivity index (χ0n) is 10.1. The van der Waals surface area contributed by atoms with E-state index in [1.165, 1.54) is 11.9 Å². The molecule has 0 bridgehead atoms. The summed E-state index contributed by atoms with van der Waals surface area (Å²) in [5, 5.41) is 0. The number of alkyl halides is 3. The van der Waals surface area contributed by atoms with Crippen molar-refractivity contribution < 1.29 is 27.5 Å². The van der Waals surface area contributed by atoms with Crippen LogP contribution in [-0.4, -0.2) is 49.1 Å². The van der Waals surface area contributed by atoms with Crippen LogP contribution in [0.5, 0.6) is 0 Å². The highest BCUT2D eigenvalue weighted by Gasteiger charge is 2.29. The summed E-state index contributed by atoms with van der Waals surface area (Å²) in [4.78, 5) is 24.0. The van der Waals surface area contributed by atoms with Gasteiger partial charge in [-0.1, -0.05) is 0 Å². The smallest absolute Gasteiger partial charge is 0.362 e. The van der Waals surface area contributed by atoms with E-state index >= 15 is 0 Å². The second kappa shape index (κ2) is 6.17. The molecule has 1 aliphatic rings. The van der Waals surface area contributed by atoms with Gasteiger partial charge in [0.25, 0.3) is 0 Å². The van der Waals surface area contributed by atoms with E-state index in [1.807, 2.05) is 0 Å². The van der Waals surface area contributed by atoms with Gasteiger partial charge in [-0.15, -0.1) is 0 Å². The Kier molecular flexibility index (Phi) is 5.13. The molecule has 0 radical (unpaired) electrons. The third-order valence-corrected chi connectivity index (χ3v) is 2.95. The number of halogens is 3. The molecular weight excluding hydrogens is 251 g/mol. The highest BCUT2D eigenvalue weighted by atomic mass is 19.4. The Labute approximate surface area is 103 Å². The Morgan fingerprint density at radius 1 is 1.39 bits per heavy atom. The summed E-state index contributed by atoms with van der Waals surface area (Å²) in [6.45, 7) is -2.00. The van der Waals surface area contributed by atoms with Crippen molar-refractivity contribution in [2.45, 2.75) is 37.9 Å². The van der Waals surface area contributed by atoms with Crippen molar-refractivity contribution >= 4 is 11.7 Å². The summed E-state index contributed by atoms with van der Waals surface area (Å²) in [6.07, 6.45) is -2.44. The molecule has 104 valence electrons. The first-order chi connectivity index (χ1) is 8.29. The molecule has 7 heteroatoms. The summed E-state index contributed by atoms with van der Waals surface area (Å²) in [5.74, 6) is -0.320. The van der Waals surface area contributed by atoms with Crippen molar-refractivity contribution in [1.29, 1.82) is 0 Å². The van der Waals surface area contributed by atoms with E-state index in [4.69, 9.17) is 0 Å². The van der Waals surface area contributed by atoms with Gasteiger partial charge in [0.05, 0.1) is 0 Å². The lowest BCUT2D eigenvalue weighted by atomic mass is 9.93. The minimum atomic E-state index is -4.42. The van der Waals surface area contributed by atoms with Crippen LogP contribution in [0, 0.1) is 0 Å². The van der Waals surface area contributed by atoms with Crippen LogP contribution in [0.15, 0.2) is 0 Å². The van der Waals surface area contributed by atoms with Gasteiger partial charge in [0.1, 0.15) is 19.0 Å². The molecule has 0 aromatic carbocycles. The first-order valence-corrected chi connectivity index (χ1v) is 5.71. The molecule has 0 spiro atoms. The van der Waals surface area contributed by atoms with Gasteiger partial charge in [-0.05, 0) is 12.8 Å². The molecule has 1 saturated carbocycles. The van der Waals surface area contributed by atoms with E-state index in [-0.39, 0.29) is 11.8 Å². The van der Waals surface area contributed by atoms with Gasteiger partial charge in [0.2, 0.25) is 5.91 Å². The predicted octanol–water partition coefficient (Wildman–Crippen LogP) is 1.54. The van der Waals surface area contributed by atoms with Crippen LogP contribution in [0.25, 0.3) is 0 Å². The van der Waals surface area contributed by atoms with Crippen molar-refractivity contribution in [1.82, 2.24) is 4.90 Å². The van der Waals surface area contributed by atoms with Crippen molar-refractivity contribution in [3.05, 3.63) is 0 Å². The summed E-state index contributed by atoms with van der Waals surface area (Å²) >= 11 is 0. The Bertz CT molecular complexity index is 307. The fraction of sp³-hybridized carbons (Fsp3) is 0.818. The molecule has 0 aromatic rings. The van der Waals surface area contributed by atoms with Crippen LogP contribution in [0.2, 0.25) is 0 Å². The normalized spacial score (nSPS) is 17.9. The first-order valence-electron chi connectivity index (χ1n) is 5.71. The lowest BCUT2D eigenvalue weighted by Gasteiger charge is -2.30. The number of hydrogen-bond acceptors (Lipinski definition) is 3. The van der Waals surface area contributed by atoms with Crippen molar-refractivity contribution in [3.8, 4) is 0 Å². The van der Waals surface area contributed by atoms with Gasteiger partial charge >= 0.3 is 6.18 Å².